The maximum Gasteiger partial charge on any atom is 0.0646 e. The second-order valence-electron chi connectivity index (χ2n) is 5.08. The molecular formula is C14H18N2O. The molecule has 2 aromatic rings. The highest BCUT2D eigenvalue weighted by Crippen LogP contribution is 2.21. The molecule has 1 aromatic carbocycles. The molecule has 2 N–H and O–H groups in total. The Hall–Kier alpha value is -1.32. The van der Waals surface area contributed by atoms with Crippen LogP contribution in [0.25, 0.3) is 10.9 Å². The zero-order valence-electron chi connectivity index (χ0n) is 10.1. The minimum Gasteiger partial charge on any atom is -0.379 e. The summed E-state index contributed by atoms with van der Waals surface area (Å²) >= 11 is 0. The van der Waals surface area contributed by atoms with E-state index in [-0.39, 0.29) is 5.54 Å². The maximum atomic E-state index is 5.45. The molecule has 3 nitrogen and oxygen atoms in total. The van der Waals surface area contributed by atoms with Crippen LogP contribution in [0.1, 0.15) is 18.9 Å². The summed E-state index contributed by atoms with van der Waals surface area (Å²) in [6, 6.07) is 8.53. The molecule has 3 rings (SSSR count). The third-order valence-corrected chi connectivity index (χ3v) is 3.60. The van der Waals surface area contributed by atoms with Gasteiger partial charge in [0.1, 0.15) is 0 Å². The smallest absolute Gasteiger partial charge is 0.0646 e. The van der Waals surface area contributed by atoms with Gasteiger partial charge in [-0.2, -0.15) is 0 Å². The molecule has 1 unspecified atom stereocenters. The predicted molar refractivity (Wildman–Crippen MR) is 69.0 cm³/mol. The lowest BCUT2D eigenvalue weighted by Gasteiger charge is -2.23. The molecule has 3 heteroatoms. The van der Waals surface area contributed by atoms with E-state index >= 15 is 0 Å². The molecule has 0 spiro atoms. The van der Waals surface area contributed by atoms with Gasteiger partial charge in [0.25, 0.3) is 0 Å². The fourth-order valence-electron chi connectivity index (χ4n) is 2.41. The van der Waals surface area contributed by atoms with Crippen molar-refractivity contribution < 1.29 is 4.74 Å². The SMILES string of the molecule is CC1(NCc2cccc3cc[nH]c23)CCOC1. The minimum absolute atomic E-state index is 0.134. The number of hydrogen-bond acceptors (Lipinski definition) is 2. The van der Waals surface area contributed by atoms with Crippen molar-refractivity contribution in [2.75, 3.05) is 13.2 Å². The third kappa shape index (κ3) is 2.08. The number of hydrogen-bond donors (Lipinski definition) is 2. The summed E-state index contributed by atoms with van der Waals surface area (Å²) in [5.74, 6) is 0. The maximum absolute atomic E-state index is 5.45. The molecule has 0 amide bonds. The van der Waals surface area contributed by atoms with Gasteiger partial charge in [0.2, 0.25) is 0 Å². The number of rotatable bonds is 3. The zero-order valence-corrected chi connectivity index (χ0v) is 10.1. The lowest BCUT2D eigenvalue weighted by atomic mass is 10.0. The number of benzene rings is 1. The quantitative estimate of drug-likeness (QED) is 0.849. The number of nitrogens with one attached hydrogen (secondary N) is 2. The van der Waals surface area contributed by atoms with E-state index in [1.54, 1.807) is 0 Å². The molecule has 1 fully saturated rings. The Morgan fingerprint density at radius 3 is 3.18 bits per heavy atom. The average Bonchev–Trinajstić information content (AvgIpc) is 2.95. The Kier molecular flexibility index (Phi) is 2.65. The van der Waals surface area contributed by atoms with Gasteiger partial charge in [0.15, 0.2) is 0 Å². The van der Waals surface area contributed by atoms with E-state index in [0.29, 0.717) is 0 Å². The van der Waals surface area contributed by atoms with E-state index in [0.717, 1.165) is 26.2 Å². The molecule has 1 aliphatic rings. The van der Waals surface area contributed by atoms with Crippen molar-refractivity contribution >= 4 is 10.9 Å². The predicted octanol–water partition coefficient (Wildman–Crippen LogP) is 2.44. The second-order valence-corrected chi connectivity index (χ2v) is 5.08. The Morgan fingerprint density at radius 1 is 1.41 bits per heavy atom. The van der Waals surface area contributed by atoms with Gasteiger partial charge in [-0.15, -0.1) is 0 Å². The zero-order chi connectivity index (χ0) is 11.7. The summed E-state index contributed by atoms with van der Waals surface area (Å²) in [6.45, 7) is 4.80. The van der Waals surface area contributed by atoms with Gasteiger partial charge in [-0.25, -0.2) is 0 Å². The highest BCUT2D eigenvalue weighted by Gasteiger charge is 2.28. The third-order valence-electron chi connectivity index (χ3n) is 3.60. The number of aromatic amines is 1. The van der Waals surface area contributed by atoms with Crippen LogP contribution >= 0.6 is 0 Å². The monoisotopic (exact) mass is 230 g/mol. The number of H-pyrrole nitrogens is 1. The second kappa shape index (κ2) is 4.17. The summed E-state index contributed by atoms with van der Waals surface area (Å²) in [5, 5.41) is 4.89. The van der Waals surface area contributed by atoms with Gasteiger partial charge in [0, 0.05) is 30.4 Å². The fourth-order valence-corrected chi connectivity index (χ4v) is 2.41. The topological polar surface area (TPSA) is 37.0 Å². The van der Waals surface area contributed by atoms with Crippen molar-refractivity contribution in [1.82, 2.24) is 10.3 Å². The number of ether oxygens (including phenoxy) is 1. The molecule has 1 aliphatic heterocycles. The molecular weight excluding hydrogens is 212 g/mol. The van der Waals surface area contributed by atoms with E-state index in [1.807, 2.05) is 6.20 Å². The first kappa shape index (κ1) is 10.8. The normalized spacial score (nSPS) is 24.5. The van der Waals surface area contributed by atoms with E-state index in [2.05, 4.69) is 41.5 Å². The van der Waals surface area contributed by atoms with Gasteiger partial charge < -0.3 is 15.0 Å². The van der Waals surface area contributed by atoms with Crippen LogP contribution in [0, 0.1) is 0 Å². The number of aromatic nitrogens is 1. The standard InChI is InChI=1S/C14H18N2O/c1-14(6-8-17-10-14)16-9-12-4-2-3-11-5-7-15-13(11)12/h2-5,7,15-16H,6,8-10H2,1H3. The lowest BCUT2D eigenvalue weighted by molar-refractivity contribution is 0.171. The van der Waals surface area contributed by atoms with Crippen LogP contribution < -0.4 is 5.32 Å². The van der Waals surface area contributed by atoms with Gasteiger partial charge in [-0.3, -0.25) is 0 Å². The summed E-state index contributed by atoms with van der Waals surface area (Å²) < 4.78 is 5.45. The van der Waals surface area contributed by atoms with E-state index in [1.165, 1.54) is 16.5 Å². The fraction of sp³-hybridized carbons (Fsp3) is 0.429. The molecule has 0 aliphatic carbocycles. The number of fused-ring (bicyclic) bond motifs is 1. The van der Waals surface area contributed by atoms with Crippen LogP contribution in [-0.4, -0.2) is 23.7 Å². The van der Waals surface area contributed by atoms with Gasteiger partial charge in [-0.1, -0.05) is 18.2 Å². The van der Waals surface area contributed by atoms with E-state index < -0.39 is 0 Å². The summed E-state index contributed by atoms with van der Waals surface area (Å²) in [5.41, 5.74) is 2.69. The molecule has 1 atom stereocenters. The molecule has 17 heavy (non-hydrogen) atoms. The van der Waals surface area contributed by atoms with Crippen LogP contribution in [-0.2, 0) is 11.3 Å². The first-order chi connectivity index (χ1) is 8.27. The Morgan fingerprint density at radius 2 is 2.35 bits per heavy atom. The van der Waals surface area contributed by atoms with Crippen molar-refractivity contribution in [3.8, 4) is 0 Å². The lowest BCUT2D eigenvalue weighted by Crippen LogP contribution is -2.42. The van der Waals surface area contributed by atoms with Gasteiger partial charge >= 0.3 is 0 Å². The van der Waals surface area contributed by atoms with Gasteiger partial charge in [0.05, 0.1) is 6.61 Å². The molecule has 0 radical (unpaired) electrons. The van der Waals surface area contributed by atoms with Crippen LogP contribution in [0.5, 0.6) is 0 Å². The van der Waals surface area contributed by atoms with E-state index in [4.69, 9.17) is 4.74 Å². The van der Waals surface area contributed by atoms with Crippen molar-refractivity contribution in [1.29, 1.82) is 0 Å². The largest absolute Gasteiger partial charge is 0.379 e. The van der Waals surface area contributed by atoms with E-state index in [9.17, 15) is 0 Å². The van der Waals surface area contributed by atoms with Crippen molar-refractivity contribution in [2.45, 2.75) is 25.4 Å². The van der Waals surface area contributed by atoms with Gasteiger partial charge in [-0.05, 0) is 30.4 Å². The molecule has 0 saturated carbocycles. The molecule has 0 bridgehead atoms. The van der Waals surface area contributed by atoms with Crippen LogP contribution in [0.3, 0.4) is 0 Å². The molecule has 1 saturated heterocycles. The Bertz CT molecular complexity index is 512. The summed E-state index contributed by atoms with van der Waals surface area (Å²) in [7, 11) is 0. The molecule has 2 heterocycles. The summed E-state index contributed by atoms with van der Waals surface area (Å²) in [4.78, 5) is 3.30. The van der Waals surface area contributed by atoms with Crippen molar-refractivity contribution in [3.05, 3.63) is 36.0 Å². The molecule has 1 aromatic heterocycles. The van der Waals surface area contributed by atoms with Crippen LogP contribution in [0.4, 0.5) is 0 Å². The average molecular weight is 230 g/mol. The number of para-hydroxylation sites is 1. The van der Waals surface area contributed by atoms with Crippen molar-refractivity contribution in [2.24, 2.45) is 0 Å². The molecule has 90 valence electrons. The van der Waals surface area contributed by atoms with Crippen LogP contribution in [0.15, 0.2) is 30.5 Å². The first-order valence-electron chi connectivity index (χ1n) is 6.15. The summed E-state index contributed by atoms with van der Waals surface area (Å²) in [6.07, 6.45) is 3.09. The van der Waals surface area contributed by atoms with Crippen LogP contribution in [0.2, 0.25) is 0 Å². The first-order valence-corrected chi connectivity index (χ1v) is 6.15. The minimum atomic E-state index is 0.134. The Balaban J connectivity index is 1.78. The highest BCUT2D eigenvalue weighted by molar-refractivity contribution is 5.82. The highest BCUT2D eigenvalue weighted by atomic mass is 16.5. The Labute approximate surface area is 101 Å². The van der Waals surface area contributed by atoms with Crippen molar-refractivity contribution in [3.63, 3.8) is 0 Å².